The Morgan fingerprint density at radius 1 is 0.889 bits per heavy atom. The highest BCUT2D eigenvalue weighted by molar-refractivity contribution is 5.85. The lowest BCUT2D eigenvalue weighted by Crippen LogP contribution is -2.52. The minimum atomic E-state index is 0.107. The van der Waals surface area contributed by atoms with Crippen molar-refractivity contribution < 1.29 is 4.79 Å². The molecule has 0 aromatic rings. The van der Waals surface area contributed by atoms with Gasteiger partial charge >= 0.3 is 0 Å². The highest BCUT2D eigenvalue weighted by atomic mass is 16.1. The normalized spacial score (nSPS) is 35.1. The summed E-state index contributed by atoms with van der Waals surface area (Å²) in [4.78, 5) is 12.9. The van der Waals surface area contributed by atoms with Gasteiger partial charge in [-0.1, -0.05) is 27.7 Å². The molecule has 0 spiro atoms. The standard InChI is InChI=1S/C15H28N2O/c1-14(2)9-16-7-5-11(14)13(18)12-6-8-17-10-15(12,3)4/h11-12,16-17H,5-10H2,1-4H3. The Morgan fingerprint density at radius 3 is 1.61 bits per heavy atom. The zero-order valence-corrected chi connectivity index (χ0v) is 12.3. The molecule has 2 fully saturated rings. The Labute approximate surface area is 111 Å². The summed E-state index contributed by atoms with van der Waals surface area (Å²) in [5, 5.41) is 6.84. The first kappa shape index (κ1) is 14.0. The molecular weight excluding hydrogens is 224 g/mol. The largest absolute Gasteiger partial charge is 0.316 e. The van der Waals surface area contributed by atoms with Crippen molar-refractivity contribution in [2.45, 2.75) is 40.5 Å². The zero-order valence-electron chi connectivity index (χ0n) is 12.3. The molecule has 3 nitrogen and oxygen atoms in total. The third-order valence-corrected chi connectivity index (χ3v) is 4.95. The van der Waals surface area contributed by atoms with Gasteiger partial charge in [-0.2, -0.15) is 0 Å². The summed E-state index contributed by atoms with van der Waals surface area (Å²) in [5.41, 5.74) is 0.215. The number of Topliss-reactive ketones (excluding diaryl/α,β-unsaturated/α-hetero) is 1. The van der Waals surface area contributed by atoms with Crippen LogP contribution >= 0.6 is 0 Å². The van der Waals surface area contributed by atoms with Crippen LogP contribution in [-0.4, -0.2) is 32.0 Å². The molecule has 2 rings (SSSR count). The van der Waals surface area contributed by atoms with Crippen LogP contribution in [0.15, 0.2) is 0 Å². The molecule has 0 radical (unpaired) electrons. The molecule has 0 saturated carbocycles. The van der Waals surface area contributed by atoms with Crippen LogP contribution in [0.2, 0.25) is 0 Å². The molecule has 2 unspecified atom stereocenters. The lowest BCUT2D eigenvalue weighted by atomic mass is 9.63. The number of rotatable bonds is 2. The third-order valence-electron chi connectivity index (χ3n) is 4.95. The fourth-order valence-electron chi connectivity index (χ4n) is 3.64. The van der Waals surface area contributed by atoms with Gasteiger partial charge in [0.25, 0.3) is 0 Å². The molecule has 0 bridgehead atoms. The van der Waals surface area contributed by atoms with Gasteiger partial charge in [-0.15, -0.1) is 0 Å². The second-order valence-electron chi connectivity index (χ2n) is 7.42. The van der Waals surface area contributed by atoms with E-state index in [2.05, 4.69) is 38.3 Å². The Hall–Kier alpha value is -0.410. The van der Waals surface area contributed by atoms with Crippen molar-refractivity contribution in [2.24, 2.45) is 22.7 Å². The topological polar surface area (TPSA) is 41.1 Å². The molecule has 2 N–H and O–H groups in total. The Kier molecular flexibility index (Phi) is 3.84. The van der Waals surface area contributed by atoms with Crippen LogP contribution in [0.1, 0.15) is 40.5 Å². The lowest BCUT2D eigenvalue weighted by Gasteiger charge is -2.44. The lowest BCUT2D eigenvalue weighted by molar-refractivity contribution is -0.136. The summed E-state index contributed by atoms with van der Waals surface area (Å²) in [5.74, 6) is 0.996. The van der Waals surface area contributed by atoms with E-state index >= 15 is 0 Å². The van der Waals surface area contributed by atoms with E-state index in [0.717, 1.165) is 39.0 Å². The molecule has 2 saturated heterocycles. The molecule has 0 amide bonds. The van der Waals surface area contributed by atoms with Gasteiger partial charge in [0.05, 0.1) is 0 Å². The van der Waals surface area contributed by atoms with E-state index in [-0.39, 0.29) is 22.7 Å². The minimum absolute atomic E-state index is 0.107. The molecular formula is C15H28N2O. The van der Waals surface area contributed by atoms with E-state index < -0.39 is 0 Å². The summed E-state index contributed by atoms with van der Waals surface area (Å²) in [6, 6.07) is 0. The van der Waals surface area contributed by atoms with Crippen LogP contribution < -0.4 is 10.6 Å². The smallest absolute Gasteiger partial charge is 0.140 e. The summed E-state index contributed by atoms with van der Waals surface area (Å²) in [6.45, 7) is 12.8. The van der Waals surface area contributed by atoms with Gasteiger partial charge in [0.2, 0.25) is 0 Å². The van der Waals surface area contributed by atoms with Gasteiger partial charge in [-0.05, 0) is 36.8 Å². The van der Waals surface area contributed by atoms with Crippen LogP contribution in [0.25, 0.3) is 0 Å². The number of carbonyl (C=O) groups excluding carboxylic acids is 1. The number of ketones is 1. The highest BCUT2D eigenvalue weighted by Gasteiger charge is 2.45. The molecule has 104 valence electrons. The number of piperidine rings is 2. The molecule has 2 aliphatic rings. The first-order valence-electron chi connectivity index (χ1n) is 7.30. The second kappa shape index (κ2) is 4.93. The monoisotopic (exact) mass is 252 g/mol. The van der Waals surface area contributed by atoms with Crippen LogP contribution in [0.4, 0.5) is 0 Å². The Bertz CT molecular complexity index is 292. The summed E-state index contributed by atoms with van der Waals surface area (Å²) >= 11 is 0. The predicted molar refractivity (Wildman–Crippen MR) is 74.5 cm³/mol. The van der Waals surface area contributed by atoms with Gasteiger partial charge < -0.3 is 10.6 Å². The SMILES string of the molecule is CC1(C)CNCCC1C(=O)C1CCNCC1(C)C. The molecule has 2 aliphatic heterocycles. The number of nitrogens with one attached hydrogen (secondary N) is 2. The van der Waals surface area contributed by atoms with E-state index in [4.69, 9.17) is 0 Å². The highest BCUT2D eigenvalue weighted by Crippen LogP contribution is 2.40. The Balaban J connectivity index is 2.14. The van der Waals surface area contributed by atoms with Gasteiger partial charge in [0.1, 0.15) is 5.78 Å². The molecule has 18 heavy (non-hydrogen) atoms. The maximum absolute atomic E-state index is 12.9. The summed E-state index contributed by atoms with van der Waals surface area (Å²) < 4.78 is 0. The van der Waals surface area contributed by atoms with Crippen molar-refractivity contribution >= 4 is 5.78 Å². The van der Waals surface area contributed by atoms with Gasteiger partial charge in [0, 0.05) is 24.9 Å². The van der Waals surface area contributed by atoms with Gasteiger partial charge in [-0.3, -0.25) is 4.79 Å². The predicted octanol–water partition coefficient (Wildman–Crippen LogP) is 1.83. The summed E-state index contributed by atoms with van der Waals surface area (Å²) in [6.07, 6.45) is 2.01. The molecule has 2 atom stereocenters. The van der Waals surface area contributed by atoms with E-state index in [9.17, 15) is 4.79 Å². The van der Waals surface area contributed by atoms with Crippen molar-refractivity contribution in [1.82, 2.24) is 10.6 Å². The number of carbonyl (C=O) groups is 1. The molecule has 3 heteroatoms. The van der Waals surface area contributed by atoms with Crippen molar-refractivity contribution in [1.29, 1.82) is 0 Å². The maximum atomic E-state index is 12.9. The molecule has 0 aromatic carbocycles. The van der Waals surface area contributed by atoms with Gasteiger partial charge in [0.15, 0.2) is 0 Å². The van der Waals surface area contributed by atoms with Crippen molar-refractivity contribution in [3.8, 4) is 0 Å². The van der Waals surface area contributed by atoms with Crippen LogP contribution in [-0.2, 0) is 4.79 Å². The average molecular weight is 252 g/mol. The molecule has 0 aliphatic carbocycles. The quantitative estimate of drug-likeness (QED) is 0.788. The number of hydrogen-bond donors (Lipinski definition) is 2. The maximum Gasteiger partial charge on any atom is 0.140 e. The van der Waals surface area contributed by atoms with E-state index in [1.165, 1.54) is 0 Å². The van der Waals surface area contributed by atoms with Crippen molar-refractivity contribution in [2.75, 3.05) is 26.2 Å². The fourth-order valence-corrected chi connectivity index (χ4v) is 3.64. The molecule has 0 aromatic heterocycles. The first-order chi connectivity index (χ1) is 8.34. The molecule has 2 heterocycles. The minimum Gasteiger partial charge on any atom is -0.316 e. The van der Waals surface area contributed by atoms with Crippen LogP contribution in [0, 0.1) is 22.7 Å². The van der Waals surface area contributed by atoms with Crippen LogP contribution in [0.3, 0.4) is 0 Å². The van der Waals surface area contributed by atoms with Gasteiger partial charge in [-0.25, -0.2) is 0 Å². The fraction of sp³-hybridized carbons (Fsp3) is 0.933. The van der Waals surface area contributed by atoms with E-state index in [1.54, 1.807) is 0 Å². The van der Waals surface area contributed by atoms with Crippen molar-refractivity contribution in [3.05, 3.63) is 0 Å². The van der Waals surface area contributed by atoms with Crippen LogP contribution in [0.5, 0.6) is 0 Å². The number of hydrogen-bond acceptors (Lipinski definition) is 3. The van der Waals surface area contributed by atoms with E-state index in [1.807, 2.05) is 0 Å². The average Bonchev–Trinajstić information content (AvgIpc) is 2.27. The third kappa shape index (κ3) is 2.62. The second-order valence-corrected chi connectivity index (χ2v) is 7.42. The van der Waals surface area contributed by atoms with E-state index in [0.29, 0.717) is 5.78 Å². The van der Waals surface area contributed by atoms with Crippen molar-refractivity contribution in [3.63, 3.8) is 0 Å². The zero-order chi connectivity index (χ0) is 13.4. The Morgan fingerprint density at radius 2 is 1.28 bits per heavy atom. The summed E-state index contributed by atoms with van der Waals surface area (Å²) in [7, 11) is 0. The first-order valence-corrected chi connectivity index (χ1v) is 7.30.